The Morgan fingerprint density at radius 1 is 1.28 bits per heavy atom. The maximum Gasteiger partial charge on any atom is 0.149 e. The molecule has 1 atom stereocenters. The van der Waals surface area contributed by atoms with E-state index in [4.69, 9.17) is 4.74 Å². The predicted molar refractivity (Wildman–Crippen MR) is 67.1 cm³/mol. The fourth-order valence-corrected chi connectivity index (χ4v) is 2.05. The molecule has 0 saturated heterocycles. The third-order valence-electron chi connectivity index (χ3n) is 2.97. The van der Waals surface area contributed by atoms with Crippen LogP contribution >= 0.6 is 0 Å². The van der Waals surface area contributed by atoms with Crippen molar-refractivity contribution >= 4 is 5.69 Å². The molecule has 0 radical (unpaired) electrons. The molecule has 1 aromatic rings. The lowest BCUT2D eigenvalue weighted by atomic mass is 10.1. The molecule has 18 heavy (non-hydrogen) atoms. The van der Waals surface area contributed by atoms with E-state index < -0.39 is 11.6 Å². The Morgan fingerprint density at radius 2 is 2.00 bits per heavy atom. The van der Waals surface area contributed by atoms with Gasteiger partial charge in [-0.25, -0.2) is 8.78 Å². The first-order chi connectivity index (χ1) is 8.52. The van der Waals surface area contributed by atoms with Crippen LogP contribution in [0, 0.1) is 11.6 Å². The van der Waals surface area contributed by atoms with Gasteiger partial charge in [0.15, 0.2) is 0 Å². The highest BCUT2D eigenvalue weighted by molar-refractivity contribution is 5.56. The molecule has 96 valence electrons. The average molecular weight is 251 g/mol. The third-order valence-corrected chi connectivity index (χ3v) is 2.97. The van der Waals surface area contributed by atoms with Crippen molar-refractivity contribution < 1.29 is 13.5 Å². The van der Waals surface area contributed by atoms with E-state index in [0.717, 1.165) is 17.4 Å². The van der Waals surface area contributed by atoms with Gasteiger partial charge >= 0.3 is 0 Å². The first-order valence-electron chi connectivity index (χ1n) is 5.70. The predicted octanol–water partition coefficient (Wildman–Crippen LogP) is 3.61. The first kappa shape index (κ1) is 12.6. The van der Waals surface area contributed by atoms with E-state index in [1.54, 1.807) is 12.0 Å². The average Bonchev–Trinajstić information content (AvgIpc) is 2.32. The van der Waals surface area contributed by atoms with E-state index in [2.05, 4.69) is 0 Å². The number of benzene rings is 1. The van der Waals surface area contributed by atoms with Crippen LogP contribution in [0.5, 0.6) is 0 Å². The van der Waals surface area contributed by atoms with Gasteiger partial charge in [-0.15, -0.1) is 0 Å². The van der Waals surface area contributed by atoms with Gasteiger partial charge in [0, 0.05) is 12.3 Å². The smallest absolute Gasteiger partial charge is 0.149 e. The van der Waals surface area contributed by atoms with Crippen molar-refractivity contribution in [3.8, 4) is 0 Å². The number of halogens is 2. The normalized spacial score (nSPS) is 19.4. The molecule has 2 nitrogen and oxygen atoms in total. The van der Waals surface area contributed by atoms with Gasteiger partial charge < -0.3 is 9.64 Å². The number of methoxy groups -OCH3 is 1. The van der Waals surface area contributed by atoms with E-state index in [9.17, 15) is 8.78 Å². The number of rotatable bonds is 2. The van der Waals surface area contributed by atoms with Crippen LogP contribution < -0.4 is 4.90 Å². The number of ether oxygens (including phenoxy) is 1. The highest BCUT2D eigenvalue weighted by Gasteiger charge is 2.23. The Bertz CT molecular complexity index is 523. The molecule has 0 aromatic heterocycles. The van der Waals surface area contributed by atoms with Crippen molar-refractivity contribution in [3.63, 3.8) is 0 Å². The monoisotopic (exact) mass is 251 g/mol. The summed E-state index contributed by atoms with van der Waals surface area (Å²) in [6.07, 6.45) is 3.73. The summed E-state index contributed by atoms with van der Waals surface area (Å²) in [6, 6.07) is 3.44. The fraction of sp³-hybridized carbons (Fsp3) is 0.286. The Labute approximate surface area is 105 Å². The molecule has 1 aromatic carbocycles. The SMILES string of the molecule is COC1=CC(C)=CN(c2ccc(F)cc2F)C1C. The lowest BCUT2D eigenvalue weighted by Crippen LogP contribution is -2.33. The summed E-state index contributed by atoms with van der Waals surface area (Å²) in [7, 11) is 1.58. The van der Waals surface area contributed by atoms with Crippen molar-refractivity contribution in [2.45, 2.75) is 19.9 Å². The van der Waals surface area contributed by atoms with Crippen LogP contribution in [-0.2, 0) is 4.74 Å². The molecule has 1 aliphatic rings. The molecule has 0 aliphatic carbocycles. The van der Waals surface area contributed by atoms with Crippen LogP contribution in [-0.4, -0.2) is 13.2 Å². The number of anilines is 1. The Morgan fingerprint density at radius 3 is 2.61 bits per heavy atom. The number of hydrogen-bond acceptors (Lipinski definition) is 2. The van der Waals surface area contributed by atoms with Crippen molar-refractivity contribution in [1.29, 1.82) is 0 Å². The standard InChI is InChI=1S/C14H15F2NO/c1-9-6-14(18-3)10(2)17(8-9)13-5-4-11(15)7-12(13)16/h4-8,10H,1-3H3. The Kier molecular flexibility index (Phi) is 3.36. The van der Waals surface area contributed by atoms with Gasteiger partial charge in [0.1, 0.15) is 17.4 Å². The lowest BCUT2D eigenvalue weighted by Gasteiger charge is -2.32. The van der Waals surface area contributed by atoms with E-state index >= 15 is 0 Å². The molecule has 0 N–H and O–H groups in total. The van der Waals surface area contributed by atoms with Gasteiger partial charge in [0.25, 0.3) is 0 Å². The molecule has 0 spiro atoms. The second-order valence-corrected chi connectivity index (χ2v) is 4.30. The van der Waals surface area contributed by atoms with Crippen LogP contribution in [0.15, 0.2) is 41.8 Å². The lowest BCUT2D eigenvalue weighted by molar-refractivity contribution is 0.265. The summed E-state index contributed by atoms with van der Waals surface area (Å²) in [5, 5.41) is 0. The zero-order valence-electron chi connectivity index (χ0n) is 10.6. The molecule has 0 amide bonds. The Hall–Kier alpha value is -1.84. The van der Waals surface area contributed by atoms with Crippen molar-refractivity contribution in [1.82, 2.24) is 0 Å². The summed E-state index contributed by atoms with van der Waals surface area (Å²) >= 11 is 0. The second kappa shape index (κ2) is 4.80. The molecular weight excluding hydrogens is 236 g/mol. The van der Waals surface area contributed by atoms with Crippen molar-refractivity contribution in [3.05, 3.63) is 53.4 Å². The summed E-state index contributed by atoms with van der Waals surface area (Å²) < 4.78 is 32.0. The molecule has 4 heteroatoms. The topological polar surface area (TPSA) is 12.5 Å². The van der Waals surface area contributed by atoms with E-state index in [1.165, 1.54) is 12.1 Å². The van der Waals surface area contributed by atoms with Crippen LogP contribution in [0.25, 0.3) is 0 Å². The molecule has 1 aliphatic heterocycles. The van der Waals surface area contributed by atoms with Gasteiger partial charge in [0.2, 0.25) is 0 Å². The zero-order chi connectivity index (χ0) is 13.3. The summed E-state index contributed by atoms with van der Waals surface area (Å²) in [5.74, 6) is -0.411. The van der Waals surface area contributed by atoms with Crippen LogP contribution in [0.4, 0.5) is 14.5 Å². The van der Waals surface area contributed by atoms with Gasteiger partial charge in [-0.3, -0.25) is 0 Å². The van der Waals surface area contributed by atoms with Crippen molar-refractivity contribution in [2.75, 3.05) is 12.0 Å². The molecule has 2 rings (SSSR count). The van der Waals surface area contributed by atoms with Crippen LogP contribution in [0.3, 0.4) is 0 Å². The van der Waals surface area contributed by atoms with Gasteiger partial charge in [-0.05, 0) is 37.6 Å². The maximum atomic E-state index is 13.8. The molecule has 1 heterocycles. The highest BCUT2D eigenvalue weighted by Crippen LogP contribution is 2.29. The van der Waals surface area contributed by atoms with Gasteiger partial charge in [0.05, 0.1) is 18.8 Å². The third kappa shape index (κ3) is 2.23. The second-order valence-electron chi connectivity index (χ2n) is 4.30. The first-order valence-corrected chi connectivity index (χ1v) is 5.70. The zero-order valence-corrected chi connectivity index (χ0v) is 10.6. The molecule has 0 bridgehead atoms. The highest BCUT2D eigenvalue weighted by atomic mass is 19.1. The van der Waals surface area contributed by atoms with Crippen LogP contribution in [0.2, 0.25) is 0 Å². The van der Waals surface area contributed by atoms with Gasteiger partial charge in [-0.1, -0.05) is 0 Å². The minimum absolute atomic E-state index is 0.126. The number of hydrogen-bond donors (Lipinski definition) is 0. The summed E-state index contributed by atoms with van der Waals surface area (Å²) in [6.45, 7) is 3.81. The Balaban J connectivity index is 2.42. The number of nitrogens with zero attached hydrogens (tertiary/aromatic N) is 1. The van der Waals surface area contributed by atoms with E-state index in [0.29, 0.717) is 5.69 Å². The van der Waals surface area contributed by atoms with Gasteiger partial charge in [-0.2, -0.15) is 0 Å². The number of allylic oxidation sites excluding steroid dienone is 2. The molecule has 0 fully saturated rings. The van der Waals surface area contributed by atoms with Crippen molar-refractivity contribution in [2.24, 2.45) is 0 Å². The van der Waals surface area contributed by atoms with Crippen LogP contribution in [0.1, 0.15) is 13.8 Å². The summed E-state index contributed by atoms with van der Waals surface area (Å²) in [5.41, 5.74) is 1.29. The summed E-state index contributed by atoms with van der Waals surface area (Å²) in [4.78, 5) is 1.74. The maximum absolute atomic E-state index is 13.8. The molecule has 1 unspecified atom stereocenters. The van der Waals surface area contributed by atoms with E-state index in [1.807, 2.05) is 26.1 Å². The van der Waals surface area contributed by atoms with E-state index in [-0.39, 0.29) is 6.04 Å². The quantitative estimate of drug-likeness (QED) is 0.796. The molecule has 0 saturated carbocycles. The fourth-order valence-electron chi connectivity index (χ4n) is 2.05. The minimum atomic E-state index is -0.580. The largest absolute Gasteiger partial charge is 0.499 e. The molecular formula is C14H15F2NO. The minimum Gasteiger partial charge on any atom is -0.499 e.